The summed E-state index contributed by atoms with van der Waals surface area (Å²) in [6.07, 6.45) is 4.12. The fraction of sp³-hybridized carbons (Fsp3) is 0.750. The molecule has 0 aromatic heterocycles. The van der Waals surface area contributed by atoms with Crippen LogP contribution in [0.25, 0.3) is 0 Å². The third kappa shape index (κ3) is 4.83. The Labute approximate surface area is 101 Å². The highest BCUT2D eigenvalue weighted by Gasteiger charge is 2.26. The molecule has 0 aliphatic carbocycles. The van der Waals surface area contributed by atoms with Gasteiger partial charge in [0.15, 0.2) is 0 Å². The van der Waals surface area contributed by atoms with Crippen molar-refractivity contribution in [1.29, 1.82) is 0 Å². The van der Waals surface area contributed by atoms with Gasteiger partial charge in [0.1, 0.15) is 0 Å². The molecule has 0 aliphatic rings. The molecular weight excluding hydrogens is 216 g/mol. The molecular formula is C12H26N2OSi. The molecule has 0 aliphatic heterocycles. The first-order valence-corrected chi connectivity index (χ1v) is 9.62. The fourth-order valence-corrected chi connectivity index (χ4v) is 2.81. The summed E-state index contributed by atoms with van der Waals surface area (Å²) in [5.74, 6) is 0. The summed E-state index contributed by atoms with van der Waals surface area (Å²) >= 11 is 0. The predicted octanol–water partition coefficient (Wildman–Crippen LogP) is 2.86. The summed E-state index contributed by atoms with van der Waals surface area (Å²) in [5.41, 5.74) is 0.214. The van der Waals surface area contributed by atoms with Crippen molar-refractivity contribution in [2.75, 3.05) is 13.1 Å². The summed E-state index contributed by atoms with van der Waals surface area (Å²) in [5, 5.41) is 3.12. The molecule has 0 aromatic carbocycles. The van der Waals surface area contributed by atoms with Gasteiger partial charge in [0.05, 0.1) is 8.07 Å². The van der Waals surface area contributed by atoms with Gasteiger partial charge in [-0.05, 0) is 20.8 Å². The minimum atomic E-state index is -1.39. The third-order valence-electron chi connectivity index (χ3n) is 2.65. The van der Waals surface area contributed by atoms with Gasteiger partial charge in [0, 0.05) is 18.8 Å². The average Bonchev–Trinajstić information content (AvgIpc) is 2.17. The standard InChI is InChI=1S/C12H26N2OSi/c1-7-10-11(16(4,5)6)13-12(15)14(8-2)9-3/h7,10-11H,8-9H2,1-6H3,(H,13,15)/b10-7+/t11-/m0/s1. The van der Waals surface area contributed by atoms with Gasteiger partial charge in [-0.3, -0.25) is 0 Å². The molecule has 1 atom stereocenters. The molecule has 0 bridgehead atoms. The Hall–Kier alpha value is -0.773. The lowest BCUT2D eigenvalue weighted by Gasteiger charge is -2.30. The summed E-state index contributed by atoms with van der Waals surface area (Å²) in [6, 6.07) is 0.0514. The number of allylic oxidation sites excluding steroid dienone is 1. The number of carbonyl (C=O) groups excluding carboxylic acids is 1. The van der Waals surface area contributed by atoms with Crippen LogP contribution >= 0.6 is 0 Å². The van der Waals surface area contributed by atoms with Crippen molar-refractivity contribution in [2.45, 2.75) is 46.1 Å². The molecule has 0 aromatic rings. The van der Waals surface area contributed by atoms with Crippen LogP contribution < -0.4 is 5.32 Å². The molecule has 16 heavy (non-hydrogen) atoms. The monoisotopic (exact) mass is 242 g/mol. The molecule has 0 spiro atoms. The minimum absolute atomic E-state index is 0.0514. The summed E-state index contributed by atoms with van der Waals surface area (Å²) < 4.78 is 0. The van der Waals surface area contributed by atoms with E-state index < -0.39 is 8.07 Å². The van der Waals surface area contributed by atoms with Crippen molar-refractivity contribution in [2.24, 2.45) is 0 Å². The third-order valence-corrected chi connectivity index (χ3v) is 4.85. The van der Waals surface area contributed by atoms with Crippen molar-refractivity contribution in [3.63, 3.8) is 0 Å². The van der Waals surface area contributed by atoms with Crippen molar-refractivity contribution < 1.29 is 4.79 Å². The molecule has 2 amide bonds. The van der Waals surface area contributed by atoms with Gasteiger partial charge >= 0.3 is 6.03 Å². The Morgan fingerprint density at radius 1 is 1.31 bits per heavy atom. The van der Waals surface area contributed by atoms with E-state index in [1.807, 2.05) is 31.7 Å². The molecule has 0 saturated carbocycles. The van der Waals surface area contributed by atoms with E-state index in [9.17, 15) is 4.79 Å². The summed E-state index contributed by atoms with van der Waals surface area (Å²) in [6.45, 7) is 14.3. The van der Waals surface area contributed by atoms with Crippen LogP contribution in [0.15, 0.2) is 12.2 Å². The normalized spacial score (nSPS) is 13.9. The Kier molecular flexibility index (Phi) is 6.41. The molecule has 4 heteroatoms. The van der Waals surface area contributed by atoms with Gasteiger partial charge in [0.25, 0.3) is 0 Å². The summed E-state index contributed by atoms with van der Waals surface area (Å²) in [4.78, 5) is 13.8. The van der Waals surface area contributed by atoms with Gasteiger partial charge in [-0.1, -0.05) is 31.8 Å². The number of nitrogens with zero attached hydrogens (tertiary/aromatic N) is 1. The van der Waals surface area contributed by atoms with Crippen LogP contribution in [0.3, 0.4) is 0 Å². The second kappa shape index (κ2) is 6.73. The van der Waals surface area contributed by atoms with E-state index in [0.29, 0.717) is 0 Å². The first kappa shape index (κ1) is 15.2. The highest BCUT2D eigenvalue weighted by Crippen LogP contribution is 2.09. The molecule has 0 saturated heterocycles. The first-order chi connectivity index (χ1) is 7.36. The highest BCUT2D eigenvalue weighted by molar-refractivity contribution is 6.78. The maximum Gasteiger partial charge on any atom is 0.317 e. The van der Waals surface area contributed by atoms with E-state index in [-0.39, 0.29) is 11.7 Å². The van der Waals surface area contributed by atoms with E-state index in [0.717, 1.165) is 13.1 Å². The molecule has 94 valence electrons. The van der Waals surface area contributed by atoms with Crippen molar-refractivity contribution in [3.8, 4) is 0 Å². The second-order valence-electron chi connectivity index (χ2n) is 4.99. The lowest BCUT2D eigenvalue weighted by Crippen LogP contribution is -2.53. The van der Waals surface area contributed by atoms with Crippen LogP contribution in [0.2, 0.25) is 19.6 Å². The number of carbonyl (C=O) groups is 1. The van der Waals surface area contributed by atoms with Crippen LogP contribution in [0.1, 0.15) is 20.8 Å². The van der Waals surface area contributed by atoms with Crippen molar-refractivity contribution >= 4 is 14.1 Å². The Morgan fingerprint density at radius 2 is 1.81 bits per heavy atom. The maximum atomic E-state index is 11.9. The molecule has 0 radical (unpaired) electrons. The second-order valence-corrected chi connectivity index (χ2v) is 10.3. The van der Waals surface area contributed by atoms with E-state index >= 15 is 0 Å². The molecule has 1 N–H and O–H groups in total. The first-order valence-electron chi connectivity index (χ1n) is 6.05. The van der Waals surface area contributed by atoms with Crippen LogP contribution in [-0.4, -0.2) is 37.8 Å². The van der Waals surface area contributed by atoms with E-state index in [1.54, 1.807) is 0 Å². The van der Waals surface area contributed by atoms with Gasteiger partial charge < -0.3 is 10.2 Å². The Morgan fingerprint density at radius 3 is 2.12 bits per heavy atom. The van der Waals surface area contributed by atoms with E-state index in [2.05, 4.69) is 31.0 Å². The Bertz CT molecular complexity index is 242. The van der Waals surface area contributed by atoms with Crippen LogP contribution in [0, 0.1) is 0 Å². The number of amides is 2. The summed E-state index contributed by atoms with van der Waals surface area (Å²) in [7, 11) is -1.39. The predicted molar refractivity (Wildman–Crippen MR) is 73.4 cm³/mol. The maximum absolute atomic E-state index is 11.9. The zero-order valence-electron chi connectivity index (χ0n) is 11.5. The molecule has 0 heterocycles. The van der Waals surface area contributed by atoms with Crippen LogP contribution in [-0.2, 0) is 0 Å². The number of hydrogen-bond acceptors (Lipinski definition) is 1. The number of nitrogens with one attached hydrogen (secondary N) is 1. The lowest BCUT2D eigenvalue weighted by atomic mass is 10.5. The number of rotatable bonds is 5. The SMILES string of the molecule is C/C=C/[C@@H](NC(=O)N(CC)CC)[Si](C)(C)C. The van der Waals surface area contributed by atoms with Gasteiger partial charge in [0.2, 0.25) is 0 Å². The topological polar surface area (TPSA) is 32.3 Å². The molecule has 0 fully saturated rings. The Balaban J connectivity index is 4.58. The quantitative estimate of drug-likeness (QED) is 0.583. The van der Waals surface area contributed by atoms with E-state index in [1.165, 1.54) is 0 Å². The van der Waals surface area contributed by atoms with Crippen molar-refractivity contribution in [3.05, 3.63) is 12.2 Å². The number of hydrogen-bond donors (Lipinski definition) is 1. The smallest absolute Gasteiger partial charge is 0.317 e. The number of urea groups is 1. The lowest BCUT2D eigenvalue weighted by molar-refractivity contribution is 0.203. The minimum Gasteiger partial charge on any atom is -0.335 e. The molecule has 0 rings (SSSR count). The van der Waals surface area contributed by atoms with Crippen LogP contribution in [0.5, 0.6) is 0 Å². The van der Waals surface area contributed by atoms with Crippen LogP contribution in [0.4, 0.5) is 4.79 Å². The average molecular weight is 242 g/mol. The molecule has 0 unspecified atom stereocenters. The fourth-order valence-electron chi connectivity index (χ4n) is 1.48. The van der Waals surface area contributed by atoms with Gasteiger partial charge in [-0.2, -0.15) is 0 Å². The van der Waals surface area contributed by atoms with Gasteiger partial charge in [-0.25, -0.2) is 4.79 Å². The highest BCUT2D eigenvalue weighted by atomic mass is 28.3. The van der Waals surface area contributed by atoms with Crippen molar-refractivity contribution in [1.82, 2.24) is 10.2 Å². The van der Waals surface area contributed by atoms with Gasteiger partial charge in [-0.15, -0.1) is 0 Å². The van der Waals surface area contributed by atoms with E-state index in [4.69, 9.17) is 0 Å². The zero-order valence-corrected chi connectivity index (χ0v) is 12.5. The largest absolute Gasteiger partial charge is 0.335 e. The molecule has 3 nitrogen and oxygen atoms in total. The zero-order chi connectivity index (χ0) is 12.8.